The number of amides is 2. The van der Waals surface area contributed by atoms with Crippen LogP contribution in [0.3, 0.4) is 0 Å². The molecule has 96 valence electrons. The molecule has 0 saturated heterocycles. The van der Waals surface area contributed by atoms with Crippen molar-refractivity contribution >= 4 is 17.5 Å². The van der Waals surface area contributed by atoms with Crippen LogP contribution in [0.4, 0.5) is 5.69 Å². The minimum absolute atomic E-state index is 0.0606. The van der Waals surface area contributed by atoms with E-state index in [2.05, 4.69) is 5.32 Å². The highest BCUT2D eigenvalue weighted by molar-refractivity contribution is 5.97. The minimum Gasteiger partial charge on any atom is -0.368 e. The molecule has 0 aliphatic rings. The highest BCUT2D eigenvalue weighted by Crippen LogP contribution is 2.18. The highest BCUT2D eigenvalue weighted by Gasteiger charge is 2.16. The molecule has 1 atom stereocenters. The molecule has 2 amide bonds. The number of hydrogen-bond donors (Lipinski definition) is 2. The van der Waals surface area contributed by atoms with Gasteiger partial charge in [0.2, 0.25) is 5.91 Å². The van der Waals surface area contributed by atoms with Crippen LogP contribution in [0.5, 0.6) is 0 Å². The van der Waals surface area contributed by atoms with E-state index in [1.54, 1.807) is 0 Å². The van der Waals surface area contributed by atoms with E-state index in [4.69, 9.17) is 5.73 Å². The number of rotatable bonds is 4. The van der Waals surface area contributed by atoms with Gasteiger partial charge in [0, 0.05) is 17.2 Å². The van der Waals surface area contributed by atoms with Crippen LogP contribution in [-0.2, 0) is 4.79 Å². The maximum absolute atomic E-state index is 11.7. The summed E-state index contributed by atoms with van der Waals surface area (Å²) in [6.45, 7) is 2.99. The van der Waals surface area contributed by atoms with Gasteiger partial charge in [0.05, 0.1) is 4.92 Å². The molecule has 1 aromatic carbocycles. The van der Waals surface area contributed by atoms with Gasteiger partial charge in [-0.2, -0.15) is 0 Å². The summed E-state index contributed by atoms with van der Waals surface area (Å²) in [7, 11) is 0. The van der Waals surface area contributed by atoms with Crippen molar-refractivity contribution < 1.29 is 14.5 Å². The number of nitrogens with two attached hydrogens (primary N) is 1. The van der Waals surface area contributed by atoms with Gasteiger partial charge in [-0.15, -0.1) is 0 Å². The number of nitro groups is 1. The van der Waals surface area contributed by atoms with E-state index >= 15 is 0 Å². The number of carbonyl (C=O) groups is 2. The molecular formula is C11H13N3O4. The summed E-state index contributed by atoms with van der Waals surface area (Å²) in [5, 5.41) is 13.0. The van der Waals surface area contributed by atoms with Crippen molar-refractivity contribution in [2.45, 2.75) is 19.9 Å². The normalized spacial score (nSPS) is 11.7. The first-order chi connectivity index (χ1) is 8.32. The fourth-order valence-corrected chi connectivity index (χ4v) is 1.35. The van der Waals surface area contributed by atoms with Gasteiger partial charge in [-0.05, 0) is 26.0 Å². The highest BCUT2D eigenvalue weighted by atomic mass is 16.6. The van der Waals surface area contributed by atoms with Gasteiger partial charge in [-0.1, -0.05) is 0 Å². The third-order valence-electron chi connectivity index (χ3n) is 2.43. The van der Waals surface area contributed by atoms with Gasteiger partial charge < -0.3 is 11.1 Å². The van der Waals surface area contributed by atoms with Crippen LogP contribution in [0.2, 0.25) is 0 Å². The van der Waals surface area contributed by atoms with E-state index in [9.17, 15) is 19.7 Å². The second-order valence-electron chi connectivity index (χ2n) is 3.86. The first-order valence-electron chi connectivity index (χ1n) is 5.18. The van der Waals surface area contributed by atoms with Crippen LogP contribution in [0, 0.1) is 17.0 Å². The maximum atomic E-state index is 11.7. The topological polar surface area (TPSA) is 115 Å². The molecule has 3 N–H and O–H groups in total. The Morgan fingerprint density at radius 3 is 2.50 bits per heavy atom. The van der Waals surface area contributed by atoms with Gasteiger partial charge in [0.15, 0.2) is 0 Å². The van der Waals surface area contributed by atoms with E-state index in [0.717, 1.165) is 0 Å². The summed E-state index contributed by atoms with van der Waals surface area (Å²) in [5.74, 6) is -1.15. The summed E-state index contributed by atoms with van der Waals surface area (Å²) >= 11 is 0. The Morgan fingerprint density at radius 1 is 1.44 bits per heavy atom. The van der Waals surface area contributed by atoms with E-state index in [-0.39, 0.29) is 11.3 Å². The standard InChI is InChI=1S/C11H13N3O4/c1-6-5-8(3-4-9(6)14(17)18)11(16)13-7(2)10(12)15/h3-5,7H,1-2H3,(H2,12,15)(H,13,16). The van der Waals surface area contributed by atoms with Crippen LogP contribution in [0.1, 0.15) is 22.8 Å². The predicted molar refractivity (Wildman–Crippen MR) is 64.0 cm³/mol. The molecule has 1 rings (SSSR count). The van der Waals surface area contributed by atoms with Crippen molar-refractivity contribution in [1.82, 2.24) is 5.32 Å². The molecule has 0 fully saturated rings. The van der Waals surface area contributed by atoms with Crippen LogP contribution < -0.4 is 11.1 Å². The van der Waals surface area contributed by atoms with E-state index < -0.39 is 22.8 Å². The molecule has 0 heterocycles. The number of nitrogens with zero attached hydrogens (tertiary/aromatic N) is 1. The van der Waals surface area contributed by atoms with Crippen LogP contribution in [0.15, 0.2) is 18.2 Å². The lowest BCUT2D eigenvalue weighted by molar-refractivity contribution is -0.385. The lowest BCUT2D eigenvalue weighted by Crippen LogP contribution is -2.42. The quantitative estimate of drug-likeness (QED) is 0.599. The Hall–Kier alpha value is -2.44. The average molecular weight is 251 g/mol. The maximum Gasteiger partial charge on any atom is 0.272 e. The van der Waals surface area contributed by atoms with Gasteiger partial charge in [0.1, 0.15) is 6.04 Å². The van der Waals surface area contributed by atoms with E-state index in [1.165, 1.54) is 32.0 Å². The molecule has 0 aliphatic heterocycles. The lowest BCUT2D eigenvalue weighted by Gasteiger charge is -2.10. The van der Waals surface area contributed by atoms with Gasteiger partial charge >= 0.3 is 0 Å². The third kappa shape index (κ3) is 3.03. The zero-order chi connectivity index (χ0) is 13.9. The van der Waals surface area contributed by atoms with E-state index in [1.807, 2.05) is 0 Å². The molecule has 7 nitrogen and oxygen atoms in total. The molecule has 0 spiro atoms. The molecule has 0 aromatic heterocycles. The lowest BCUT2D eigenvalue weighted by atomic mass is 10.1. The van der Waals surface area contributed by atoms with Gasteiger partial charge in [-0.3, -0.25) is 19.7 Å². The number of primary amides is 1. The van der Waals surface area contributed by atoms with Gasteiger partial charge in [-0.25, -0.2) is 0 Å². The largest absolute Gasteiger partial charge is 0.368 e. The number of aryl methyl sites for hydroxylation is 1. The van der Waals surface area contributed by atoms with Crippen LogP contribution in [0.25, 0.3) is 0 Å². The molecule has 1 unspecified atom stereocenters. The third-order valence-corrected chi connectivity index (χ3v) is 2.43. The summed E-state index contributed by atoms with van der Waals surface area (Å²) in [6.07, 6.45) is 0. The summed E-state index contributed by atoms with van der Waals surface area (Å²) in [5.41, 5.74) is 5.57. The second kappa shape index (κ2) is 5.26. The van der Waals surface area contributed by atoms with Crippen LogP contribution in [-0.4, -0.2) is 22.8 Å². The molecule has 0 aliphatic carbocycles. The average Bonchev–Trinajstić information content (AvgIpc) is 2.27. The fourth-order valence-electron chi connectivity index (χ4n) is 1.35. The molecule has 1 aromatic rings. The number of nitrogens with one attached hydrogen (secondary N) is 1. The van der Waals surface area contributed by atoms with Crippen molar-refractivity contribution in [1.29, 1.82) is 0 Å². The van der Waals surface area contributed by atoms with Crippen molar-refractivity contribution in [3.05, 3.63) is 39.4 Å². The minimum atomic E-state index is -0.798. The van der Waals surface area contributed by atoms with E-state index in [0.29, 0.717) is 5.56 Å². The summed E-state index contributed by atoms with van der Waals surface area (Å²) < 4.78 is 0. The first kappa shape index (κ1) is 13.6. The zero-order valence-corrected chi connectivity index (χ0v) is 9.97. The Bertz CT molecular complexity index is 513. The van der Waals surface area contributed by atoms with Gasteiger partial charge in [0.25, 0.3) is 11.6 Å². The van der Waals surface area contributed by atoms with Crippen molar-refractivity contribution in [2.24, 2.45) is 5.73 Å². The molecule has 0 saturated carbocycles. The summed E-state index contributed by atoms with van der Waals surface area (Å²) in [4.78, 5) is 32.6. The van der Waals surface area contributed by atoms with Crippen molar-refractivity contribution in [3.63, 3.8) is 0 Å². The zero-order valence-electron chi connectivity index (χ0n) is 9.97. The Morgan fingerprint density at radius 2 is 2.06 bits per heavy atom. The second-order valence-corrected chi connectivity index (χ2v) is 3.86. The predicted octanol–water partition coefficient (Wildman–Crippen LogP) is 0.507. The Kier molecular flexibility index (Phi) is 3.98. The smallest absolute Gasteiger partial charge is 0.272 e. The van der Waals surface area contributed by atoms with Crippen LogP contribution >= 0.6 is 0 Å². The fraction of sp³-hybridized carbons (Fsp3) is 0.273. The molecule has 18 heavy (non-hydrogen) atoms. The number of carbonyl (C=O) groups excluding carboxylic acids is 2. The molecular weight excluding hydrogens is 238 g/mol. The summed E-state index contributed by atoms with van der Waals surface area (Å²) in [6, 6.07) is 3.17. The number of benzene rings is 1. The number of hydrogen-bond acceptors (Lipinski definition) is 4. The first-order valence-corrected chi connectivity index (χ1v) is 5.18. The Labute approximate surface area is 103 Å². The molecule has 0 bridgehead atoms. The monoisotopic (exact) mass is 251 g/mol. The molecule has 7 heteroatoms. The Balaban J connectivity index is 2.91. The van der Waals surface area contributed by atoms with Crippen molar-refractivity contribution in [2.75, 3.05) is 0 Å². The van der Waals surface area contributed by atoms with Crippen molar-refractivity contribution in [3.8, 4) is 0 Å². The number of nitro benzene ring substituents is 1. The molecule has 0 radical (unpaired) electrons. The SMILES string of the molecule is Cc1cc(C(=O)NC(C)C(N)=O)ccc1[N+](=O)[O-].